The van der Waals surface area contributed by atoms with E-state index in [2.05, 4.69) is 33.0 Å². The summed E-state index contributed by atoms with van der Waals surface area (Å²) in [6.45, 7) is 3.50. The van der Waals surface area contributed by atoms with Crippen molar-refractivity contribution in [2.24, 2.45) is 0 Å². The van der Waals surface area contributed by atoms with Gasteiger partial charge in [0, 0.05) is 18.2 Å². The van der Waals surface area contributed by atoms with Gasteiger partial charge in [-0.15, -0.1) is 0 Å². The Balaban J connectivity index is 1.36. The van der Waals surface area contributed by atoms with E-state index in [4.69, 9.17) is 4.98 Å². The Labute approximate surface area is 165 Å². The van der Waals surface area contributed by atoms with E-state index in [0.29, 0.717) is 12.5 Å². The highest BCUT2D eigenvalue weighted by molar-refractivity contribution is 5.92. The number of carbonyl (C=O) groups excluding carboxylic acids is 1. The highest BCUT2D eigenvalue weighted by atomic mass is 16.1. The first-order valence-electron chi connectivity index (χ1n) is 10.3. The molecule has 0 radical (unpaired) electrons. The van der Waals surface area contributed by atoms with Crippen LogP contribution in [0, 0.1) is 0 Å². The summed E-state index contributed by atoms with van der Waals surface area (Å²) in [7, 11) is 0. The number of amides is 1. The molecule has 1 aromatic heterocycles. The van der Waals surface area contributed by atoms with Gasteiger partial charge in [-0.3, -0.25) is 9.69 Å². The van der Waals surface area contributed by atoms with Crippen LogP contribution in [0.4, 0.5) is 5.69 Å². The van der Waals surface area contributed by atoms with E-state index >= 15 is 0 Å². The van der Waals surface area contributed by atoms with Crippen molar-refractivity contribution < 1.29 is 4.79 Å². The predicted molar refractivity (Wildman–Crippen MR) is 111 cm³/mol. The summed E-state index contributed by atoms with van der Waals surface area (Å²) < 4.78 is 2.10. The van der Waals surface area contributed by atoms with E-state index in [0.717, 1.165) is 42.2 Å². The van der Waals surface area contributed by atoms with Crippen LogP contribution in [0.5, 0.6) is 0 Å². The van der Waals surface area contributed by atoms with Crippen molar-refractivity contribution in [1.29, 1.82) is 0 Å². The second kappa shape index (κ2) is 7.40. The lowest BCUT2D eigenvalue weighted by Crippen LogP contribution is -2.23. The molecule has 5 rings (SSSR count). The van der Waals surface area contributed by atoms with E-state index in [1.165, 1.54) is 31.2 Å². The largest absolute Gasteiger partial charge is 0.324 e. The molecule has 1 saturated carbocycles. The summed E-state index contributed by atoms with van der Waals surface area (Å²) in [5.74, 6) is 1.57. The van der Waals surface area contributed by atoms with Gasteiger partial charge in [-0.05, 0) is 62.5 Å². The molecule has 0 bridgehead atoms. The van der Waals surface area contributed by atoms with Crippen molar-refractivity contribution in [3.63, 3.8) is 0 Å². The standard InChI is InChI=1S/C23H26N4O/c28-22(24-19-8-2-1-7-18(19)15-26-13-5-6-14-26)16-27-21-10-4-3-9-20(21)25-23(27)17-11-12-17/h1-4,7-10,17H,5-6,11-16H2,(H,24,28). The number of para-hydroxylation sites is 3. The predicted octanol–water partition coefficient (Wildman–Crippen LogP) is 4.15. The minimum Gasteiger partial charge on any atom is -0.324 e. The van der Waals surface area contributed by atoms with E-state index in [1.807, 2.05) is 30.3 Å². The first-order valence-corrected chi connectivity index (χ1v) is 10.3. The number of carbonyl (C=O) groups is 1. The molecule has 1 aliphatic heterocycles. The summed E-state index contributed by atoms with van der Waals surface area (Å²) in [6, 6.07) is 16.3. The third kappa shape index (κ3) is 3.54. The number of nitrogens with one attached hydrogen (secondary N) is 1. The van der Waals surface area contributed by atoms with Crippen LogP contribution in [0.1, 0.15) is 43.0 Å². The van der Waals surface area contributed by atoms with Crippen molar-refractivity contribution in [2.75, 3.05) is 18.4 Å². The average Bonchev–Trinajstić information content (AvgIpc) is 3.31. The molecule has 1 N–H and O–H groups in total. The van der Waals surface area contributed by atoms with Gasteiger partial charge in [-0.1, -0.05) is 30.3 Å². The molecular weight excluding hydrogens is 348 g/mol. The van der Waals surface area contributed by atoms with Gasteiger partial charge >= 0.3 is 0 Å². The molecule has 3 aromatic rings. The van der Waals surface area contributed by atoms with Crippen LogP contribution in [-0.2, 0) is 17.9 Å². The molecule has 1 aliphatic carbocycles. The number of benzene rings is 2. The summed E-state index contributed by atoms with van der Waals surface area (Å²) in [4.78, 5) is 20.2. The fourth-order valence-electron chi connectivity index (χ4n) is 4.21. The fourth-order valence-corrected chi connectivity index (χ4v) is 4.21. The van der Waals surface area contributed by atoms with Gasteiger partial charge in [-0.25, -0.2) is 4.98 Å². The quantitative estimate of drug-likeness (QED) is 0.705. The number of anilines is 1. The van der Waals surface area contributed by atoms with Crippen LogP contribution < -0.4 is 5.32 Å². The number of rotatable bonds is 6. The molecular formula is C23H26N4O. The number of hydrogen-bond donors (Lipinski definition) is 1. The van der Waals surface area contributed by atoms with Gasteiger partial charge < -0.3 is 9.88 Å². The summed E-state index contributed by atoms with van der Waals surface area (Å²) in [5, 5.41) is 3.16. The van der Waals surface area contributed by atoms with Gasteiger partial charge in [0.15, 0.2) is 0 Å². The van der Waals surface area contributed by atoms with Crippen molar-refractivity contribution in [2.45, 2.75) is 44.7 Å². The normalized spacial score (nSPS) is 17.3. The minimum atomic E-state index is 0.0129. The smallest absolute Gasteiger partial charge is 0.244 e. The molecule has 2 aromatic carbocycles. The number of hydrogen-bond acceptors (Lipinski definition) is 3. The Hall–Kier alpha value is -2.66. The SMILES string of the molecule is O=C(Cn1c(C2CC2)nc2ccccc21)Nc1ccccc1CN1CCCC1. The highest BCUT2D eigenvalue weighted by Gasteiger charge is 2.30. The molecule has 5 nitrogen and oxygen atoms in total. The zero-order valence-corrected chi connectivity index (χ0v) is 16.1. The Kier molecular flexibility index (Phi) is 4.61. The monoisotopic (exact) mass is 374 g/mol. The van der Waals surface area contributed by atoms with Crippen molar-refractivity contribution >= 4 is 22.6 Å². The van der Waals surface area contributed by atoms with Crippen LogP contribution in [0.2, 0.25) is 0 Å². The summed E-state index contributed by atoms with van der Waals surface area (Å²) in [5.41, 5.74) is 4.14. The zero-order valence-electron chi connectivity index (χ0n) is 16.1. The van der Waals surface area contributed by atoms with E-state index in [1.54, 1.807) is 0 Å². The van der Waals surface area contributed by atoms with Crippen molar-refractivity contribution in [3.8, 4) is 0 Å². The third-order valence-corrected chi connectivity index (χ3v) is 5.81. The van der Waals surface area contributed by atoms with E-state index < -0.39 is 0 Å². The molecule has 0 unspecified atom stereocenters. The summed E-state index contributed by atoms with van der Waals surface area (Å²) in [6.07, 6.45) is 4.88. The van der Waals surface area contributed by atoms with E-state index in [9.17, 15) is 4.79 Å². The van der Waals surface area contributed by atoms with Crippen LogP contribution in [-0.4, -0.2) is 33.4 Å². The number of aromatic nitrogens is 2. The molecule has 2 aliphatic rings. The van der Waals surface area contributed by atoms with Gasteiger partial charge in [0.05, 0.1) is 11.0 Å². The Morgan fingerprint density at radius 2 is 1.79 bits per heavy atom. The molecule has 1 saturated heterocycles. The lowest BCUT2D eigenvalue weighted by molar-refractivity contribution is -0.116. The second-order valence-electron chi connectivity index (χ2n) is 8.01. The Morgan fingerprint density at radius 1 is 1.04 bits per heavy atom. The van der Waals surface area contributed by atoms with Crippen LogP contribution in [0.25, 0.3) is 11.0 Å². The maximum atomic E-state index is 12.9. The highest BCUT2D eigenvalue weighted by Crippen LogP contribution is 2.40. The Morgan fingerprint density at radius 3 is 2.61 bits per heavy atom. The molecule has 0 spiro atoms. The maximum Gasteiger partial charge on any atom is 0.244 e. The molecule has 1 amide bonds. The number of fused-ring (bicyclic) bond motifs is 1. The van der Waals surface area contributed by atoms with Gasteiger partial charge in [-0.2, -0.15) is 0 Å². The van der Waals surface area contributed by atoms with Gasteiger partial charge in [0.1, 0.15) is 12.4 Å². The summed E-state index contributed by atoms with van der Waals surface area (Å²) >= 11 is 0. The molecule has 2 heterocycles. The van der Waals surface area contributed by atoms with E-state index in [-0.39, 0.29) is 5.91 Å². The zero-order chi connectivity index (χ0) is 18.9. The Bertz CT molecular complexity index is 999. The lowest BCUT2D eigenvalue weighted by Gasteiger charge is -2.18. The molecule has 28 heavy (non-hydrogen) atoms. The fraction of sp³-hybridized carbons (Fsp3) is 0.391. The second-order valence-corrected chi connectivity index (χ2v) is 8.01. The molecule has 2 fully saturated rings. The van der Waals surface area contributed by atoms with Crippen molar-refractivity contribution in [1.82, 2.24) is 14.5 Å². The average molecular weight is 374 g/mol. The number of likely N-dealkylation sites (tertiary alicyclic amines) is 1. The van der Waals surface area contributed by atoms with Crippen LogP contribution in [0.15, 0.2) is 48.5 Å². The maximum absolute atomic E-state index is 12.9. The lowest BCUT2D eigenvalue weighted by atomic mass is 10.1. The number of nitrogens with zero attached hydrogens (tertiary/aromatic N) is 3. The molecule has 144 valence electrons. The minimum absolute atomic E-state index is 0.0129. The molecule has 5 heteroatoms. The van der Waals surface area contributed by atoms with Crippen LogP contribution >= 0.6 is 0 Å². The third-order valence-electron chi connectivity index (χ3n) is 5.81. The molecule has 0 atom stereocenters. The first kappa shape index (κ1) is 17.4. The van der Waals surface area contributed by atoms with Gasteiger partial charge in [0.25, 0.3) is 0 Å². The van der Waals surface area contributed by atoms with Gasteiger partial charge in [0.2, 0.25) is 5.91 Å². The number of imidazole rings is 1. The first-order chi connectivity index (χ1) is 13.8. The van der Waals surface area contributed by atoms with Crippen LogP contribution in [0.3, 0.4) is 0 Å². The topological polar surface area (TPSA) is 50.2 Å². The van der Waals surface area contributed by atoms with Crippen molar-refractivity contribution in [3.05, 3.63) is 59.9 Å².